The second-order valence-corrected chi connectivity index (χ2v) is 6.57. The summed E-state index contributed by atoms with van der Waals surface area (Å²) >= 11 is 0. The van der Waals surface area contributed by atoms with Crippen LogP contribution in [0.2, 0.25) is 0 Å². The highest BCUT2D eigenvalue weighted by Gasteiger charge is 2.27. The van der Waals surface area contributed by atoms with Crippen molar-refractivity contribution in [2.75, 3.05) is 7.11 Å². The zero-order valence-electron chi connectivity index (χ0n) is 15.6. The monoisotopic (exact) mass is 374 g/mol. The maximum Gasteiger partial charge on any atom is 0.170 e. The average molecular weight is 374 g/mol. The Morgan fingerprint density at radius 2 is 1.75 bits per heavy atom. The Hall–Kier alpha value is -3.22. The van der Waals surface area contributed by atoms with E-state index in [9.17, 15) is 5.11 Å². The minimum atomic E-state index is -0.251. The molecule has 0 saturated carbocycles. The maximum atomic E-state index is 9.29. The number of hydrogen-bond acceptors (Lipinski definition) is 6. The third-order valence-corrected chi connectivity index (χ3v) is 4.86. The van der Waals surface area contributed by atoms with E-state index in [4.69, 9.17) is 4.74 Å². The van der Waals surface area contributed by atoms with Crippen molar-refractivity contribution < 1.29 is 9.84 Å². The summed E-state index contributed by atoms with van der Waals surface area (Å²) in [5.41, 5.74) is 8.17. The molecule has 28 heavy (non-hydrogen) atoms. The number of benzene rings is 3. The minimum Gasteiger partial charge on any atom is -0.496 e. The van der Waals surface area contributed by atoms with Crippen molar-refractivity contribution in [3.05, 3.63) is 89.5 Å². The van der Waals surface area contributed by atoms with E-state index in [0.717, 1.165) is 33.6 Å². The fourth-order valence-electron chi connectivity index (χ4n) is 3.40. The van der Waals surface area contributed by atoms with Crippen molar-refractivity contribution >= 4 is 0 Å². The van der Waals surface area contributed by atoms with Crippen molar-refractivity contribution in [1.29, 1.82) is 0 Å². The van der Waals surface area contributed by atoms with Crippen molar-refractivity contribution in [3.63, 3.8) is 0 Å². The lowest BCUT2D eigenvalue weighted by atomic mass is 9.97. The van der Waals surface area contributed by atoms with Gasteiger partial charge in [0.05, 0.1) is 20.3 Å². The van der Waals surface area contributed by atoms with Crippen LogP contribution < -0.4 is 10.3 Å². The van der Waals surface area contributed by atoms with Gasteiger partial charge < -0.3 is 9.84 Å². The fraction of sp³-hybridized carbons (Fsp3) is 0.182. The van der Waals surface area contributed by atoms with Crippen LogP contribution in [0.3, 0.4) is 0 Å². The fourth-order valence-corrected chi connectivity index (χ4v) is 3.40. The molecule has 0 amide bonds. The molecule has 3 aromatic carbocycles. The lowest BCUT2D eigenvalue weighted by Gasteiger charge is -2.23. The zero-order valence-corrected chi connectivity index (χ0v) is 15.6. The predicted octanol–water partition coefficient (Wildman–Crippen LogP) is 4.24. The molecule has 1 atom stereocenters. The molecule has 1 heterocycles. The number of nitrogens with zero attached hydrogens (tertiary/aromatic N) is 3. The lowest BCUT2D eigenvalue weighted by Crippen LogP contribution is -2.32. The van der Waals surface area contributed by atoms with Crippen LogP contribution in [-0.4, -0.2) is 17.2 Å². The molecule has 142 valence electrons. The number of rotatable bonds is 6. The molecule has 1 unspecified atom stereocenters. The standard InChI is InChI=1S/C22H22N4O2/c1-28-21-9-5-2-6-18(21)14-26-22(23-24-25-26)20-8-4-3-7-19(20)17-12-10-16(15-27)11-13-17/h2-13,22,27H,14-15H2,1H3,(H,23,25). The summed E-state index contributed by atoms with van der Waals surface area (Å²) in [6.07, 6.45) is -0.251. The smallest absolute Gasteiger partial charge is 0.170 e. The van der Waals surface area contributed by atoms with Gasteiger partial charge in [0.15, 0.2) is 6.17 Å². The van der Waals surface area contributed by atoms with E-state index in [2.05, 4.69) is 28.0 Å². The quantitative estimate of drug-likeness (QED) is 0.677. The molecule has 1 aliphatic heterocycles. The molecule has 0 spiro atoms. The first kappa shape index (κ1) is 18.2. The van der Waals surface area contributed by atoms with Gasteiger partial charge in [-0.05, 0) is 22.8 Å². The van der Waals surface area contributed by atoms with Gasteiger partial charge in [0.2, 0.25) is 0 Å². The van der Waals surface area contributed by atoms with Gasteiger partial charge in [0.25, 0.3) is 0 Å². The summed E-state index contributed by atoms with van der Waals surface area (Å²) in [5, 5.41) is 19.8. The Bertz CT molecular complexity index is 972. The second kappa shape index (κ2) is 8.21. The van der Waals surface area contributed by atoms with Gasteiger partial charge in [-0.25, -0.2) is 5.53 Å². The van der Waals surface area contributed by atoms with Crippen LogP contribution in [0.5, 0.6) is 5.75 Å². The van der Waals surface area contributed by atoms with Crippen molar-refractivity contribution in [2.24, 2.45) is 10.3 Å². The Balaban J connectivity index is 1.65. The summed E-state index contributed by atoms with van der Waals surface area (Å²) in [7, 11) is 1.67. The number of nitrogens with one attached hydrogen (secondary N) is 1. The first-order valence-corrected chi connectivity index (χ1v) is 9.13. The second-order valence-electron chi connectivity index (χ2n) is 6.57. The van der Waals surface area contributed by atoms with Crippen LogP contribution in [0.25, 0.3) is 11.1 Å². The molecular formula is C22H22N4O2. The number of hydrogen-bond donors (Lipinski definition) is 2. The van der Waals surface area contributed by atoms with Crippen LogP contribution in [0.4, 0.5) is 0 Å². The van der Waals surface area contributed by atoms with Gasteiger partial charge in [-0.1, -0.05) is 72.0 Å². The largest absolute Gasteiger partial charge is 0.496 e. The third kappa shape index (κ3) is 3.60. The van der Waals surface area contributed by atoms with Crippen LogP contribution in [0.1, 0.15) is 22.9 Å². The van der Waals surface area contributed by atoms with E-state index in [1.807, 2.05) is 65.7 Å². The van der Waals surface area contributed by atoms with Gasteiger partial charge in [0, 0.05) is 11.1 Å². The van der Waals surface area contributed by atoms with E-state index < -0.39 is 0 Å². The molecule has 4 rings (SSSR count). The molecular weight excluding hydrogens is 352 g/mol. The van der Waals surface area contributed by atoms with Crippen LogP contribution >= 0.6 is 0 Å². The SMILES string of the molecule is COc1ccccc1CN1NN=NC1c1ccccc1-c1ccc(CO)cc1. The number of aliphatic hydroxyl groups is 1. The van der Waals surface area contributed by atoms with Gasteiger partial charge in [-0.3, -0.25) is 0 Å². The molecule has 2 N–H and O–H groups in total. The summed E-state index contributed by atoms with van der Waals surface area (Å²) in [5.74, 6) is 0.836. The molecule has 0 bridgehead atoms. The van der Waals surface area contributed by atoms with Gasteiger partial charge in [0.1, 0.15) is 5.75 Å². The Morgan fingerprint density at radius 1 is 1.00 bits per heavy atom. The highest BCUT2D eigenvalue weighted by Crippen LogP contribution is 2.35. The number of para-hydroxylation sites is 1. The molecule has 0 radical (unpaired) electrons. The molecule has 1 aliphatic rings. The lowest BCUT2D eigenvalue weighted by molar-refractivity contribution is 0.161. The van der Waals surface area contributed by atoms with E-state index in [-0.39, 0.29) is 12.8 Å². The van der Waals surface area contributed by atoms with E-state index in [0.29, 0.717) is 6.54 Å². The van der Waals surface area contributed by atoms with E-state index in [1.165, 1.54) is 0 Å². The number of methoxy groups -OCH3 is 1. The van der Waals surface area contributed by atoms with Crippen molar-refractivity contribution in [2.45, 2.75) is 19.3 Å². The summed E-state index contributed by atoms with van der Waals surface area (Å²) in [4.78, 5) is 0. The normalized spacial score (nSPS) is 16.1. The van der Waals surface area contributed by atoms with Crippen molar-refractivity contribution in [3.8, 4) is 16.9 Å². The summed E-state index contributed by atoms with van der Waals surface area (Å²) in [6, 6.07) is 24.0. The van der Waals surface area contributed by atoms with E-state index >= 15 is 0 Å². The molecule has 0 aliphatic carbocycles. The van der Waals surface area contributed by atoms with Gasteiger partial charge in [-0.15, -0.1) is 5.11 Å². The average Bonchev–Trinajstić information content (AvgIpc) is 3.22. The molecule has 3 aromatic rings. The minimum absolute atomic E-state index is 0.0371. The number of hydrazine groups is 1. The highest BCUT2D eigenvalue weighted by molar-refractivity contribution is 5.68. The molecule has 0 saturated heterocycles. The van der Waals surface area contributed by atoms with Gasteiger partial charge >= 0.3 is 0 Å². The van der Waals surface area contributed by atoms with Crippen LogP contribution in [0.15, 0.2) is 83.1 Å². The zero-order chi connectivity index (χ0) is 19.3. The molecule has 6 heteroatoms. The first-order chi connectivity index (χ1) is 13.8. The number of ether oxygens (including phenoxy) is 1. The number of aliphatic hydroxyl groups excluding tert-OH is 1. The first-order valence-electron chi connectivity index (χ1n) is 9.13. The summed E-state index contributed by atoms with van der Waals surface area (Å²) in [6.45, 7) is 0.634. The molecule has 0 fully saturated rings. The molecule has 0 aromatic heterocycles. The third-order valence-electron chi connectivity index (χ3n) is 4.86. The predicted molar refractivity (Wildman–Crippen MR) is 107 cm³/mol. The highest BCUT2D eigenvalue weighted by atomic mass is 16.5. The van der Waals surface area contributed by atoms with Crippen molar-refractivity contribution in [1.82, 2.24) is 10.5 Å². The van der Waals surface area contributed by atoms with Gasteiger partial charge in [-0.2, -0.15) is 5.01 Å². The van der Waals surface area contributed by atoms with Crippen LogP contribution in [-0.2, 0) is 13.2 Å². The Labute approximate surface area is 164 Å². The summed E-state index contributed by atoms with van der Waals surface area (Å²) < 4.78 is 5.48. The Morgan fingerprint density at radius 3 is 2.54 bits per heavy atom. The topological polar surface area (TPSA) is 69.5 Å². The van der Waals surface area contributed by atoms with E-state index in [1.54, 1.807) is 7.11 Å². The maximum absolute atomic E-state index is 9.29. The Kier molecular flexibility index (Phi) is 5.32. The molecule has 6 nitrogen and oxygen atoms in total. The van der Waals surface area contributed by atoms with Crippen LogP contribution in [0, 0.1) is 0 Å².